The number of pyridine rings is 1. The molecule has 20 heavy (non-hydrogen) atoms. The molecule has 5 nitrogen and oxygen atoms in total. The average molecular weight is 276 g/mol. The van der Waals surface area contributed by atoms with Crippen LogP contribution in [0.5, 0.6) is 0 Å². The highest BCUT2D eigenvalue weighted by molar-refractivity contribution is 5.94. The smallest absolute Gasteiger partial charge is 0.272 e. The minimum absolute atomic E-state index is 0.0753. The van der Waals surface area contributed by atoms with Crippen molar-refractivity contribution >= 4 is 11.6 Å². The Morgan fingerprint density at radius 3 is 2.65 bits per heavy atom. The third-order valence-electron chi connectivity index (χ3n) is 3.75. The Balaban J connectivity index is 1.98. The molecule has 0 saturated carbocycles. The van der Waals surface area contributed by atoms with E-state index in [4.69, 9.17) is 0 Å². The molecular weight excluding hydrogens is 259 g/mol. The van der Waals surface area contributed by atoms with Crippen LogP contribution in [0, 0.1) is 12.7 Å². The molecule has 1 aliphatic heterocycles. The van der Waals surface area contributed by atoms with E-state index in [9.17, 15) is 9.18 Å². The molecule has 1 fully saturated rings. The van der Waals surface area contributed by atoms with Crippen molar-refractivity contribution in [3.63, 3.8) is 0 Å². The summed E-state index contributed by atoms with van der Waals surface area (Å²) < 4.78 is 14.9. The summed E-state index contributed by atoms with van der Waals surface area (Å²) >= 11 is 0. The molecule has 0 aromatic carbocycles. The monoisotopic (exact) mass is 276 g/mol. The first-order valence-electron chi connectivity index (χ1n) is 6.68. The van der Waals surface area contributed by atoms with Crippen molar-refractivity contribution in [2.75, 3.05) is 33.2 Å². The molecule has 0 N–H and O–H groups in total. The highest BCUT2D eigenvalue weighted by Gasteiger charge is 2.25. The van der Waals surface area contributed by atoms with Crippen molar-refractivity contribution in [3.05, 3.63) is 35.5 Å². The van der Waals surface area contributed by atoms with Gasteiger partial charge in [0.05, 0.1) is 5.69 Å². The molecule has 1 amide bonds. The van der Waals surface area contributed by atoms with Crippen molar-refractivity contribution in [2.24, 2.45) is 0 Å². The van der Waals surface area contributed by atoms with Crippen LogP contribution in [-0.2, 0) is 0 Å². The maximum atomic E-state index is 13.4. The zero-order chi connectivity index (χ0) is 14.3. The van der Waals surface area contributed by atoms with Gasteiger partial charge in [-0.05, 0) is 26.1 Å². The number of hydrogen-bond donors (Lipinski definition) is 0. The van der Waals surface area contributed by atoms with Crippen molar-refractivity contribution in [2.45, 2.75) is 6.92 Å². The summed E-state index contributed by atoms with van der Waals surface area (Å²) in [5.41, 5.74) is 1.70. The van der Waals surface area contributed by atoms with E-state index in [1.807, 2.05) is 7.05 Å². The summed E-state index contributed by atoms with van der Waals surface area (Å²) in [5.74, 6) is -0.448. The minimum atomic E-state index is -0.373. The van der Waals surface area contributed by atoms with Gasteiger partial charge in [0.1, 0.15) is 17.2 Å². The highest BCUT2D eigenvalue weighted by Crippen LogP contribution is 2.16. The number of carbonyl (C=O) groups is 1. The number of piperazine rings is 1. The molecule has 106 valence electrons. The van der Waals surface area contributed by atoms with Gasteiger partial charge >= 0.3 is 0 Å². The lowest BCUT2D eigenvalue weighted by Gasteiger charge is -2.32. The Morgan fingerprint density at radius 1 is 1.25 bits per heavy atom. The summed E-state index contributed by atoms with van der Waals surface area (Å²) in [6.07, 6.45) is 1.32. The van der Waals surface area contributed by atoms with Gasteiger partial charge < -0.3 is 9.80 Å². The van der Waals surface area contributed by atoms with E-state index in [1.54, 1.807) is 22.3 Å². The Labute approximate surface area is 116 Å². The average Bonchev–Trinajstić information content (AvgIpc) is 2.74. The molecule has 1 aliphatic rings. The normalized spacial score (nSPS) is 16.9. The maximum absolute atomic E-state index is 13.4. The third-order valence-corrected chi connectivity index (χ3v) is 3.75. The summed E-state index contributed by atoms with van der Waals surface area (Å²) in [7, 11) is 2.04. The van der Waals surface area contributed by atoms with Gasteiger partial charge in [-0.2, -0.15) is 0 Å². The van der Waals surface area contributed by atoms with Gasteiger partial charge in [-0.1, -0.05) is 0 Å². The first-order chi connectivity index (χ1) is 9.56. The minimum Gasteiger partial charge on any atom is -0.335 e. The number of amides is 1. The predicted octanol–water partition coefficient (Wildman–Crippen LogP) is 1.17. The van der Waals surface area contributed by atoms with E-state index in [0.717, 1.165) is 13.1 Å². The van der Waals surface area contributed by atoms with Crippen molar-refractivity contribution < 1.29 is 9.18 Å². The fraction of sp³-hybridized carbons (Fsp3) is 0.429. The van der Waals surface area contributed by atoms with E-state index in [0.29, 0.717) is 30.1 Å². The van der Waals surface area contributed by atoms with Gasteiger partial charge in [-0.3, -0.25) is 9.20 Å². The first kappa shape index (κ1) is 13.1. The van der Waals surface area contributed by atoms with Crippen LogP contribution in [-0.4, -0.2) is 58.3 Å². The number of aryl methyl sites for hydroxylation is 1. The Hall–Kier alpha value is -1.95. The van der Waals surface area contributed by atoms with Crippen LogP contribution < -0.4 is 0 Å². The van der Waals surface area contributed by atoms with Crippen LogP contribution in [0.15, 0.2) is 18.3 Å². The summed E-state index contributed by atoms with van der Waals surface area (Å²) in [6.45, 7) is 4.88. The molecule has 0 atom stereocenters. The molecule has 3 rings (SSSR count). The lowest BCUT2D eigenvalue weighted by molar-refractivity contribution is 0.0656. The Kier molecular flexibility index (Phi) is 3.17. The van der Waals surface area contributed by atoms with Crippen LogP contribution in [0.25, 0.3) is 5.65 Å². The maximum Gasteiger partial charge on any atom is 0.272 e. The SMILES string of the molecule is Cc1nc2ccc(F)cn2c1C(=O)N1CCN(C)CC1. The van der Waals surface area contributed by atoms with Crippen molar-refractivity contribution in [1.82, 2.24) is 19.2 Å². The summed E-state index contributed by atoms with van der Waals surface area (Å²) in [5, 5.41) is 0. The van der Waals surface area contributed by atoms with Gasteiger partial charge in [0, 0.05) is 32.4 Å². The van der Waals surface area contributed by atoms with Gasteiger partial charge in [-0.15, -0.1) is 0 Å². The fourth-order valence-corrected chi connectivity index (χ4v) is 2.55. The van der Waals surface area contributed by atoms with Crippen molar-refractivity contribution in [3.8, 4) is 0 Å². The number of aromatic nitrogens is 2. The number of likely N-dealkylation sites (N-methyl/N-ethyl adjacent to an activating group) is 1. The quantitative estimate of drug-likeness (QED) is 0.785. The number of rotatable bonds is 1. The molecule has 0 radical (unpaired) electrons. The predicted molar refractivity (Wildman–Crippen MR) is 73.3 cm³/mol. The van der Waals surface area contributed by atoms with Crippen LogP contribution in [0.1, 0.15) is 16.2 Å². The number of halogens is 1. The van der Waals surface area contributed by atoms with E-state index >= 15 is 0 Å². The number of nitrogens with zero attached hydrogens (tertiary/aromatic N) is 4. The number of hydrogen-bond acceptors (Lipinski definition) is 3. The summed E-state index contributed by atoms with van der Waals surface area (Å²) in [6, 6.07) is 2.94. The van der Waals surface area contributed by atoms with Crippen LogP contribution >= 0.6 is 0 Å². The van der Waals surface area contributed by atoms with E-state index in [2.05, 4.69) is 9.88 Å². The Morgan fingerprint density at radius 2 is 1.95 bits per heavy atom. The molecular formula is C14H17FN4O. The number of fused-ring (bicyclic) bond motifs is 1. The van der Waals surface area contributed by atoms with Gasteiger partial charge in [-0.25, -0.2) is 9.37 Å². The van der Waals surface area contributed by atoms with E-state index < -0.39 is 0 Å². The number of carbonyl (C=O) groups excluding carboxylic acids is 1. The molecule has 0 unspecified atom stereocenters. The highest BCUT2D eigenvalue weighted by atomic mass is 19.1. The van der Waals surface area contributed by atoms with Crippen LogP contribution in [0.3, 0.4) is 0 Å². The largest absolute Gasteiger partial charge is 0.335 e. The molecule has 1 saturated heterocycles. The van der Waals surface area contributed by atoms with Crippen molar-refractivity contribution in [1.29, 1.82) is 0 Å². The fourth-order valence-electron chi connectivity index (χ4n) is 2.55. The molecule has 2 aromatic rings. The van der Waals surface area contributed by atoms with Gasteiger partial charge in [0.15, 0.2) is 0 Å². The zero-order valence-electron chi connectivity index (χ0n) is 11.6. The Bertz CT molecular complexity index is 658. The number of imidazole rings is 1. The molecule has 2 aromatic heterocycles. The molecule has 6 heteroatoms. The zero-order valence-corrected chi connectivity index (χ0v) is 11.6. The third kappa shape index (κ3) is 2.16. The van der Waals surface area contributed by atoms with E-state index in [1.165, 1.54) is 12.3 Å². The van der Waals surface area contributed by atoms with Gasteiger partial charge in [0.25, 0.3) is 5.91 Å². The lowest BCUT2D eigenvalue weighted by Crippen LogP contribution is -2.47. The topological polar surface area (TPSA) is 40.9 Å². The summed E-state index contributed by atoms with van der Waals surface area (Å²) in [4.78, 5) is 21.0. The molecule has 0 aliphatic carbocycles. The first-order valence-corrected chi connectivity index (χ1v) is 6.68. The second-order valence-corrected chi connectivity index (χ2v) is 5.22. The molecule has 3 heterocycles. The molecule has 0 bridgehead atoms. The molecule has 0 spiro atoms. The lowest BCUT2D eigenvalue weighted by atomic mass is 10.2. The second-order valence-electron chi connectivity index (χ2n) is 5.22. The van der Waals surface area contributed by atoms with Crippen LogP contribution in [0.2, 0.25) is 0 Å². The van der Waals surface area contributed by atoms with Crippen LogP contribution in [0.4, 0.5) is 4.39 Å². The standard InChI is InChI=1S/C14H17FN4O/c1-10-13(14(20)18-7-5-17(2)6-8-18)19-9-11(15)3-4-12(19)16-10/h3-4,9H,5-8H2,1-2H3. The van der Waals surface area contributed by atoms with Gasteiger partial charge in [0.2, 0.25) is 0 Å². The van der Waals surface area contributed by atoms with E-state index in [-0.39, 0.29) is 11.7 Å². The second kappa shape index (κ2) is 4.86.